The molecule has 3 rings (SSSR count). The molecule has 0 atom stereocenters. The lowest BCUT2D eigenvalue weighted by atomic mass is 10.0. The summed E-state index contributed by atoms with van der Waals surface area (Å²) in [6, 6.07) is 18.8. The van der Waals surface area contributed by atoms with Crippen LogP contribution in [0.25, 0.3) is 21.5 Å². The zero-order valence-corrected chi connectivity index (χ0v) is 10.5. The fourth-order valence-corrected chi connectivity index (χ4v) is 2.28. The Morgan fingerprint density at radius 2 is 1.44 bits per heavy atom. The van der Waals surface area contributed by atoms with Gasteiger partial charge < -0.3 is 11.1 Å². The highest BCUT2D eigenvalue weighted by Gasteiger charge is 1.99. The minimum atomic E-state index is 0.287. The predicted octanol–water partition coefficient (Wildman–Crippen LogP) is 3.65. The van der Waals surface area contributed by atoms with Crippen LogP contribution in [0.3, 0.4) is 0 Å². The van der Waals surface area contributed by atoms with Crippen LogP contribution in [-0.2, 0) is 0 Å². The average Bonchev–Trinajstić information content (AvgIpc) is 2.35. The third-order valence-electron chi connectivity index (χ3n) is 2.97. The topological polar surface area (TPSA) is 38.0 Å². The zero-order chi connectivity index (χ0) is 12.5. The van der Waals surface area contributed by atoms with E-state index in [-0.39, 0.29) is 5.11 Å². The van der Waals surface area contributed by atoms with Gasteiger partial charge in [-0.25, -0.2) is 0 Å². The van der Waals surface area contributed by atoms with Crippen LogP contribution in [-0.4, -0.2) is 5.11 Å². The molecule has 0 aromatic heterocycles. The van der Waals surface area contributed by atoms with Crippen molar-refractivity contribution in [3.8, 4) is 0 Å². The Bertz CT molecular complexity index is 750. The standard InChI is InChI=1S/C15H12N2S/c16-15(18)17-14-6-5-12-7-10-3-1-2-4-11(10)8-13(12)9-14/h1-9H,(H3,16,17,18). The summed E-state index contributed by atoms with van der Waals surface area (Å²) in [6.07, 6.45) is 0. The lowest BCUT2D eigenvalue weighted by molar-refractivity contribution is 1.64. The van der Waals surface area contributed by atoms with Crippen LogP contribution in [0.5, 0.6) is 0 Å². The summed E-state index contributed by atoms with van der Waals surface area (Å²) in [5, 5.41) is 8.11. The zero-order valence-electron chi connectivity index (χ0n) is 9.68. The second-order valence-electron chi connectivity index (χ2n) is 4.25. The van der Waals surface area contributed by atoms with Crippen LogP contribution >= 0.6 is 12.2 Å². The summed E-state index contributed by atoms with van der Waals surface area (Å²) in [4.78, 5) is 0. The molecule has 0 unspecified atom stereocenters. The molecule has 3 heteroatoms. The molecule has 0 aliphatic heterocycles. The number of fused-ring (bicyclic) bond motifs is 2. The molecule has 0 saturated carbocycles. The first-order valence-corrected chi connectivity index (χ1v) is 6.12. The van der Waals surface area contributed by atoms with Crippen molar-refractivity contribution in [1.82, 2.24) is 0 Å². The normalized spacial score (nSPS) is 10.7. The Balaban J connectivity index is 2.20. The van der Waals surface area contributed by atoms with Gasteiger partial charge in [-0.05, 0) is 58.0 Å². The molecule has 88 valence electrons. The largest absolute Gasteiger partial charge is 0.376 e. The average molecular weight is 252 g/mol. The smallest absolute Gasteiger partial charge is 0.168 e. The van der Waals surface area contributed by atoms with E-state index in [2.05, 4.69) is 47.8 Å². The van der Waals surface area contributed by atoms with Crippen LogP contribution in [0.15, 0.2) is 54.6 Å². The van der Waals surface area contributed by atoms with E-state index in [4.69, 9.17) is 18.0 Å². The molecule has 0 radical (unpaired) electrons. The number of nitrogens with one attached hydrogen (secondary N) is 1. The van der Waals surface area contributed by atoms with Gasteiger partial charge in [0.05, 0.1) is 0 Å². The maximum Gasteiger partial charge on any atom is 0.168 e. The monoisotopic (exact) mass is 252 g/mol. The second kappa shape index (κ2) is 4.27. The molecule has 3 aromatic rings. The molecule has 3 N–H and O–H groups in total. The van der Waals surface area contributed by atoms with Crippen molar-refractivity contribution in [1.29, 1.82) is 0 Å². The van der Waals surface area contributed by atoms with Gasteiger partial charge in [-0.1, -0.05) is 30.3 Å². The molecule has 18 heavy (non-hydrogen) atoms. The van der Waals surface area contributed by atoms with Gasteiger partial charge >= 0.3 is 0 Å². The molecule has 2 nitrogen and oxygen atoms in total. The minimum Gasteiger partial charge on any atom is -0.376 e. The van der Waals surface area contributed by atoms with Gasteiger partial charge in [0.25, 0.3) is 0 Å². The molecular formula is C15H12N2S. The minimum absolute atomic E-state index is 0.287. The van der Waals surface area contributed by atoms with E-state index in [1.54, 1.807) is 0 Å². The number of hydrogen-bond donors (Lipinski definition) is 2. The van der Waals surface area contributed by atoms with E-state index in [9.17, 15) is 0 Å². The van der Waals surface area contributed by atoms with Gasteiger partial charge in [0, 0.05) is 5.69 Å². The SMILES string of the molecule is NC(=S)Nc1ccc2cc3ccccc3cc2c1. The highest BCUT2D eigenvalue weighted by Crippen LogP contribution is 2.25. The fourth-order valence-electron chi connectivity index (χ4n) is 2.16. The lowest BCUT2D eigenvalue weighted by Gasteiger charge is -2.06. The maximum absolute atomic E-state index is 5.48. The van der Waals surface area contributed by atoms with E-state index in [1.807, 2.05) is 12.1 Å². The van der Waals surface area contributed by atoms with Crippen molar-refractivity contribution in [2.75, 3.05) is 5.32 Å². The number of thiocarbonyl (C=S) groups is 1. The molecule has 0 spiro atoms. The van der Waals surface area contributed by atoms with Crippen LogP contribution in [0.2, 0.25) is 0 Å². The van der Waals surface area contributed by atoms with E-state index < -0.39 is 0 Å². The van der Waals surface area contributed by atoms with Gasteiger partial charge in [-0.3, -0.25) is 0 Å². The van der Waals surface area contributed by atoms with Crippen molar-refractivity contribution < 1.29 is 0 Å². The van der Waals surface area contributed by atoms with Crippen LogP contribution in [0.1, 0.15) is 0 Å². The predicted molar refractivity (Wildman–Crippen MR) is 81.9 cm³/mol. The maximum atomic E-state index is 5.48. The Labute approximate surface area is 110 Å². The first kappa shape index (κ1) is 11.0. The van der Waals surface area contributed by atoms with Crippen molar-refractivity contribution in [3.05, 3.63) is 54.6 Å². The molecular weight excluding hydrogens is 240 g/mol. The third-order valence-corrected chi connectivity index (χ3v) is 3.07. The van der Waals surface area contributed by atoms with Crippen LogP contribution < -0.4 is 11.1 Å². The molecule has 0 bridgehead atoms. The highest BCUT2D eigenvalue weighted by atomic mass is 32.1. The number of hydrogen-bond acceptors (Lipinski definition) is 1. The van der Waals surface area contributed by atoms with Crippen molar-refractivity contribution in [2.24, 2.45) is 5.73 Å². The third kappa shape index (κ3) is 2.00. The van der Waals surface area contributed by atoms with Crippen molar-refractivity contribution in [2.45, 2.75) is 0 Å². The first-order valence-electron chi connectivity index (χ1n) is 5.71. The molecule has 0 amide bonds. The molecule has 3 aromatic carbocycles. The Hall–Kier alpha value is -2.13. The molecule has 0 aliphatic rings. The summed E-state index contributed by atoms with van der Waals surface area (Å²) < 4.78 is 0. The summed E-state index contributed by atoms with van der Waals surface area (Å²) in [6.45, 7) is 0. The Kier molecular flexibility index (Phi) is 2.61. The summed E-state index contributed by atoms with van der Waals surface area (Å²) >= 11 is 4.84. The van der Waals surface area contributed by atoms with Gasteiger partial charge in [0.15, 0.2) is 5.11 Å². The number of anilines is 1. The van der Waals surface area contributed by atoms with Crippen molar-refractivity contribution in [3.63, 3.8) is 0 Å². The summed E-state index contributed by atoms with van der Waals surface area (Å²) in [5.74, 6) is 0. The first-order chi connectivity index (χ1) is 8.72. The fraction of sp³-hybridized carbons (Fsp3) is 0. The van der Waals surface area contributed by atoms with E-state index in [1.165, 1.54) is 21.5 Å². The van der Waals surface area contributed by atoms with Crippen molar-refractivity contribution >= 4 is 44.6 Å². The number of rotatable bonds is 1. The molecule has 0 fully saturated rings. The second-order valence-corrected chi connectivity index (χ2v) is 4.69. The summed E-state index contributed by atoms with van der Waals surface area (Å²) in [5.41, 5.74) is 6.40. The van der Waals surface area contributed by atoms with Gasteiger partial charge in [-0.2, -0.15) is 0 Å². The Morgan fingerprint density at radius 1 is 0.833 bits per heavy atom. The van der Waals surface area contributed by atoms with Crippen LogP contribution in [0.4, 0.5) is 5.69 Å². The summed E-state index contributed by atoms with van der Waals surface area (Å²) in [7, 11) is 0. The van der Waals surface area contributed by atoms with Gasteiger partial charge in [-0.15, -0.1) is 0 Å². The number of nitrogens with two attached hydrogens (primary N) is 1. The van der Waals surface area contributed by atoms with Gasteiger partial charge in [0.1, 0.15) is 0 Å². The number of benzene rings is 3. The molecule has 0 heterocycles. The molecule has 0 saturated heterocycles. The lowest BCUT2D eigenvalue weighted by Crippen LogP contribution is -2.18. The quantitative estimate of drug-likeness (QED) is 0.513. The van der Waals surface area contributed by atoms with Crippen LogP contribution in [0, 0.1) is 0 Å². The van der Waals surface area contributed by atoms with E-state index in [0.29, 0.717) is 0 Å². The van der Waals surface area contributed by atoms with Gasteiger partial charge in [0.2, 0.25) is 0 Å². The van der Waals surface area contributed by atoms with E-state index >= 15 is 0 Å². The highest BCUT2D eigenvalue weighted by molar-refractivity contribution is 7.80. The molecule has 0 aliphatic carbocycles. The Morgan fingerprint density at radius 3 is 2.11 bits per heavy atom. The van der Waals surface area contributed by atoms with E-state index in [0.717, 1.165) is 5.69 Å².